The summed E-state index contributed by atoms with van der Waals surface area (Å²) in [5, 5.41) is 14.3. The number of aliphatic hydroxyl groups excluding tert-OH is 1. The molecule has 0 bridgehead atoms. The monoisotopic (exact) mass is 143 g/mol. The zero-order valence-corrected chi connectivity index (χ0v) is 5.97. The highest BCUT2D eigenvalue weighted by Crippen LogP contribution is 2.16. The van der Waals surface area contributed by atoms with E-state index in [0.29, 0.717) is 0 Å². The molecule has 1 rings (SSSR count). The fourth-order valence-corrected chi connectivity index (χ4v) is 1.08. The second-order valence-electron chi connectivity index (χ2n) is 2.39. The number of rotatable bonds is 0. The lowest BCUT2D eigenvalue weighted by atomic mass is 9.98. The van der Waals surface area contributed by atoms with Crippen LogP contribution in [0.3, 0.4) is 0 Å². The van der Waals surface area contributed by atoms with Crippen molar-refractivity contribution < 1.29 is 9.90 Å². The molecule has 1 saturated carbocycles. The number of aliphatic hydroxyl groups is 1. The van der Waals surface area contributed by atoms with Gasteiger partial charge in [-0.05, 0) is 12.8 Å². The normalized spacial score (nSPS) is 18.5. The van der Waals surface area contributed by atoms with Crippen LogP contribution < -0.4 is 0 Å². The molecule has 0 atom stereocenters. The fourth-order valence-electron chi connectivity index (χ4n) is 1.08. The molecule has 0 radical (unpaired) electrons. The van der Waals surface area contributed by atoms with Crippen molar-refractivity contribution in [2.24, 2.45) is 0 Å². The number of carbonyl (C=O) groups excluding carboxylic acids is 1. The summed E-state index contributed by atoms with van der Waals surface area (Å²) in [6.45, 7) is 0. The van der Waals surface area contributed by atoms with Gasteiger partial charge < -0.3 is 5.11 Å². The first-order chi connectivity index (χ1) is 4.81. The van der Waals surface area contributed by atoms with Crippen LogP contribution in [0, 0.1) is 5.41 Å². The van der Waals surface area contributed by atoms with Gasteiger partial charge in [0.05, 0.1) is 6.10 Å². The number of hydrogen-bond acceptors (Lipinski definition) is 3. The van der Waals surface area contributed by atoms with Gasteiger partial charge in [0.2, 0.25) is 6.08 Å². The van der Waals surface area contributed by atoms with E-state index in [1.54, 1.807) is 0 Å². The molecule has 10 heavy (non-hydrogen) atoms. The minimum absolute atomic E-state index is 0.0359. The number of hydrogen-bond donors (Lipinski definition) is 2. The van der Waals surface area contributed by atoms with Crippen LogP contribution in [0.4, 0.5) is 0 Å². The Bertz CT molecular complexity index is 102. The predicted octanol–water partition coefficient (Wildman–Crippen LogP) is 1.21. The van der Waals surface area contributed by atoms with E-state index < -0.39 is 0 Å². The summed E-state index contributed by atoms with van der Waals surface area (Å²) in [4.78, 5) is 8.35. The highest BCUT2D eigenvalue weighted by atomic mass is 16.3. The average Bonchev–Trinajstić information content (AvgIpc) is 1.91. The first-order valence-corrected chi connectivity index (χ1v) is 3.53. The van der Waals surface area contributed by atoms with Crippen LogP contribution in [0.1, 0.15) is 32.1 Å². The molecule has 1 aliphatic carbocycles. The first kappa shape index (κ1) is 9.34. The van der Waals surface area contributed by atoms with Crippen molar-refractivity contribution >= 4 is 6.08 Å². The molecule has 3 nitrogen and oxygen atoms in total. The fraction of sp³-hybridized carbons (Fsp3) is 0.857. The van der Waals surface area contributed by atoms with E-state index in [2.05, 4.69) is 0 Å². The number of isocyanates is 1. The Labute approximate surface area is 60.6 Å². The molecule has 3 heteroatoms. The van der Waals surface area contributed by atoms with E-state index >= 15 is 0 Å². The first-order valence-electron chi connectivity index (χ1n) is 3.53. The smallest absolute Gasteiger partial charge is 0.231 e. The maximum Gasteiger partial charge on any atom is 0.231 e. The van der Waals surface area contributed by atoms with E-state index in [9.17, 15) is 0 Å². The van der Waals surface area contributed by atoms with Crippen LogP contribution in [-0.4, -0.2) is 17.3 Å². The lowest BCUT2D eigenvalue weighted by molar-refractivity contribution is 0.130. The minimum Gasteiger partial charge on any atom is -0.393 e. The van der Waals surface area contributed by atoms with Crippen LogP contribution >= 0.6 is 0 Å². The SMILES string of the molecule is N=C=O.OC1CCCCC1. The van der Waals surface area contributed by atoms with E-state index in [-0.39, 0.29) is 6.10 Å². The van der Waals surface area contributed by atoms with Gasteiger partial charge in [-0.1, -0.05) is 19.3 Å². The predicted molar refractivity (Wildman–Crippen MR) is 37.5 cm³/mol. The molecule has 1 fully saturated rings. The van der Waals surface area contributed by atoms with Gasteiger partial charge in [-0.15, -0.1) is 0 Å². The van der Waals surface area contributed by atoms with Gasteiger partial charge in [-0.25, -0.2) is 10.2 Å². The van der Waals surface area contributed by atoms with Crippen LogP contribution in [0.2, 0.25) is 0 Å². The summed E-state index contributed by atoms with van der Waals surface area (Å²) in [6, 6.07) is 0. The largest absolute Gasteiger partial charge is 0.393 e. The van der Waals surface area contributed by atoms with Crippen LogP contribution in [0.5, 0.6) is 0 Å². The molecule has 0 amide bonds. The van der Waals surface area contributed by atoms with Crippen molar-refractivity contribution in [2.75, 3.05) is 0 Å². The zero-order valence-electron chi connectivity index (χ0n) is 5.97. The molecule has 0 heterocycles. The summed E-state index contributed by atoms with van der Waals surface area (Å²) in [5.41, 5.74) is 0. The Morgan fingerprint density at radius 2 is 1.70 bits per heavy atom. The topological polar surface area (TPSA) is 61.2 Å². The Morgan fingerprint density at radius 1 is 1.30 bits per heavy atom. The van der Waals surface area contributed by atoms with Crippen LogP contribution in [-0.2, 0) is 4.79 Å². The average molecular weight is 143 g/mol. The van der Waals surface area contributed by atoms with Gasteiger partial charge >= 0.3 is 0 Å². The molecule has 0 unspecified atom stereocenters. The Kier molecular flexibility index (Phi) is 6.03. The van der Waals surface area contributed by atoms with Crippen molar-refractivity contribution in [3.63, 3.8) is 0 Å². The van der Waals surface area contributed by atoms with Crippen LogP contribution in [0.15, 0.2) is 0 Å². The summed E-state index contributed by atoms with van der Waals surface area (Å²) < 4.78 is 0. The maximum atomic E-state index is 8.91. The van der Waals surface area contributed by atoms with Crippen LogP contribution in [0.25, 0.3) is 0 Å². The Morgan fingerprint density at radius 3 is 1.90 bits per heavy atom. The van der Waals surface area contributed by atoms with Gasteiger partial charge in [0.15, 0.2) is 0 Å². The highest BCUT2D eigenvalue weighted by Gasteiger charge is 2.07. The Balaban J connectivity index is 0.000000236. The summed E-state index contributed by atoms with van der Waals surface area (Å²) in [7, 11) is 0. The zero-order chi connectivity index (χ0) is 7.82. The van der Waals surface area contributed by atoms with Crippen molar-refractivity contribution in [3.05, 3.63) is 0 Å². The number of nitrogens with one attached hydrogen (secondary N) is 1. The molecular formula is C7H13NO2. The second kappa shape index (κ2) is 6.46. The van der Waals surface area contributed by atoms with Crippen molar-refractivity contribution in [3.8, 4) is 0 Å². The maximum absolute atomic E-state index is 8.91. The third-order valence-electron chi connectivity index (χ3n) is 1.57. The molecule has 0 spiro atoms. The van der Waals surface area contributed by atoms with E-state index in [1.807, 2.05) is 0 Å². The van der Waals surface area contributed by atoms with Crippen molar-refractivity contribution in [2.45, 2.75) is 38.2 Å². The summed E-state index contributed by atoms with van der Waals surface area (Å²) >= 11 is 0. The molecule has 0 aromatic heterocycles. The van der Waals surface area contributed by atoms with E-state index in [0.717, 1.165) is 18.9 Å². The third-order valence-corrected chi connectivity index (χ3v) is 1.57. The quantitative estimate of drug-likeness (QED) is 0.395. The lowest BCUT2D eigenvalue weighted by Crippen LogP contribution is -2.09. The summed E-state index contributed by atoms with van der Waals surface area (Å²) in [5.74, 6) is 0. The standard InChI is InChI=1S/C6H12O.CHNO/c7-6-4-2-1-3-5-6;2-1-3/h6-7H,1-5H2;2H. The van der Waals surface area contributed by atoms with E-state index in [4.69, 9.17) is 15.3 Å². The van der Waals surface area contributed by atoms with E-state index in [1.165, 1.54) is 19.3 Å². The van der Waals surface area contributed by atoms with Gasteiger partial charge in [0, 0.05) is 0 Å². The Hall–Kier alpha value is -0.660. The van der Waals surface area contributed by atoms with Gasteiger partial charge in [-0.3, -0.25) is 0 Å². The molecular weight excluding hydrogens is 130 g/mol. The molecule has 2 N–H and O–H groups in total. The van der Waals surface area contributed by atoms with Crippen molar-refractivity contribution in [1.82, 2.24) is 0 Å². The van der Waals surface area contributed by atoms with Gasteiger partial charge in [0.1, 0.15) is 0 Å². The molecule has 1 aliphatic rings. The molecule has 0 aromatic rings. The lowest BCUT2D eigenvalue weighted by Gasteiger charge is -2.14. The minimum atomic E-state index is 0.0359. The molecule has 0 aromatic carbocycles. The molecule has 0 aliphatic heterocycles. The summed E-state index contributed by atoms with van der Waals surface area (Å²) in [6.07, 6.45) is 6.67. The molecule has 0 saturated heterocycles. The van der Waals surface area contributed by atoms with Gasteiger partial charge in [-0.2, -0.15) is 0 Å². The van der Waals surface area contributed by atoms with Crippen molar-refractivity contribution in [1.29, 1.82) is 5.41 Å². The molecule has 58 valence electrons. The van der Waals surface area contributed by atoms with Gasteiger partial charge in [0.25, 0.3) is 0 Å². The highest BCUT2D eigenvalue weighted by molar-refractivity contribution is 5.26. The second-order valence-corrected chi connectivity index (χ2v) is 2.39. The third kappa shape index (κ3) is 5.48.